The zero-order chi connectivity index (χ0) is 37.1. The van der Waals surface area contributed by atoms with Gasteiger partial charge in [-0.3, -0.25) is 28.8 Å². The van der Waals surface area contributed by atoms with E-state index < -0.39 is 11.6 Å². The number of hydrogen-bond acceptors (Lipinski definition) is 10. The van der Waals surface area contributed by atoms with Gasteiger partial charge in [0.25, 0.3) is 0 Å². The summed E-state index contributed by atoms with van der Waals surface area (Å²) in [6.45, 7) is 8.00. The number of piperidine rings is 1. The van der Waals surface area contributed by atoms with Crippen LogP contribution in [0.1, 0.15) is 40.0 Å². The van der Waals surface area contributed by atoms with E-state index in [9.17, 15) is 19.5 Å². The van der Waals surface area contributed by atoms with Gasteiger partial charge in [-0.25, -0.2) is 14.6 Å². The van der Waals surface area contributed by atoms with Gasteiger partial charge >= 0.3 is 11.7 Å². The Labute approximate surface area is 305 Å². The summed E-state index contributed by atoms with van der Waals surface area (Å²) in [7, 11) is 5.61. The largest absolute Gasteiger partial charge is 0.390 e. The van der Waals surface area contributed by atoms with Gasteiger partial charge < -0.3 is 20.2 Å². The molecular weight excluding hydrogens is 686 g/mol. The molecule has 2 aliphatic rings. The number of aryl methyl sites for hydroxylation is 3. The molecule has 5 heterocycles. The second-order valence-corrected chi connectivity index (χ2v) is 15.0. The van der Waals surface area contributed by atoms with Crippen molar-refractivity contribution in [3.05, 3.63) is 58.1 Å². The number of amides is 3. The fourth-order valence-electron chi connectivity index (χ4n) is 7.32. The quantitative estimate of drug-likeness (QED) is 0.199. The molecule has 0 saturated carbocycles. The van der Waals surface area contributed by atoms with Crippen molar-refractivity contribution in [1.82, 2.24) is 34.2 Å². The molecule has 0 radical (unpaired) electrons. The Morgan fingerprint density at radius 3 is 2.60 bits per heavy atom. The lowest BCUT2D eigenvalue weighted by atomic mass is 9.92. The van der Waals surface area contributed by atoms with Gasteiger partial charge in [0.2, 0.25) is 11.9 Å². The highest BCUT2D eigenvalue weighted by molar-refractivity contribution is 6.33. The Bertz CT molecular complexity index is 2250. The van der Waals surface area contributed by atoms with Crippen molar-refractivity contribution >= 4 is 74.4 Å². The van der Waals surface area contributed by atoms with Crippen LogP contribution in [0.4, 0.5) is 33.8 Å². The Kier molecular flexibility index (Phi) is 9.11. The van der Waals surface area contributed by atoms with Gasteiger partial charge in [0.1, 0.15) is 5.02 Å². The summed E-state index contributed by atoms with van der Waals surface area (Å²) in [6.07, 6.45) is 3.14. The Hall–Kier alpha value is -5.15. The first-order chi connectivity index (χ1) is 24.7. The number of rotatable bonds is 9. The number of nitrogens with zero attached hydrogens (tertiary/aromatic N) is 9. The molecule has 0 spiro atoms. The lowest BCUT2D eigenvalue weighted by Gasteiger charge is -2.42. The lowest BCUT2D eigenvalue weighted by molar-refractivity contribution is -0.120. The maximum Gasteiger partial charge on any atom is 0.329 e. The summed E-state index contributed by atoms with van der Waals surface area (Å²) in [5, 5.41) is 21.8. The van der Waals surface area contributed by atoms with Crippen molar-refractivity contribution in [1.29, 1.82) is 0 Å². The first kappa shape index (κ1) is 35.3. The van der Waals surface area contributed by atoms with E-state index in [-0.39, 0.29) is 30.0 Å². The summed E-state index contributed by atoms with van der Waals surface area (Å²) in [6, 6.07) is 11.6. The van der Waals surface area contributed by atoms with Gasteiger partial charge in [0.15, 0.2) is 11.6 Å². The van der Waals surface area contributed by atoms with Crippen molar-refractivity contribution in [3.8, 4) is 0 Å². The van der Waals surface area contributed by atoms with Crippen LogP contribution < -0.4 is 31.0 Å². The molecule has 2 fully saturated rings. The Balaban J connectivity index is 1.06. The molecule has 0 aliphatic carbocycles. The third kappa shape index (κ3) is 6.65. The molecule has 2 aromatic carbocycles. The van der Waals surface area contributed by atoms with Gasteiger partial charge in [-0.05, 0) is 69.0 Å². The maximum atomic E-state index is 13.0. The molecule has 3 N–H and O–H groups in total. The van der Waals surface area contributed by atoms with Crippen molar-refractivity contribution in [2.75, 3.05) is 46.7 Å². The van der Waals surface area contributed by atoms with E-state index in [0.717, 1.165) is 52.8 Å². The summed E-state index contributed by atoms with van der Waals surface area (Å²) in [4.78, 5) is 52.6. The Morgan fingerprint density at radius 1 is 1.08 bits per heavy atom. The molecule has 52 heavy (non-hydrogen) atoms. The number of imide groups is 1. The molecule has 5 aromatic rings. The van der Waals surface area contributed by atoms with Crippen LogP contribution in [-0.2, 0) is 25.4 Å². The lowest BCUT2D eigenvalue weighted by Crippen LogP contribution is -2.49. The standard InChI is InChI=1S/C36H44ClN11O4/c1-21-20-46(23-8-9-24-28(18-23)45(6)42-32(24)48-15-12-30(49)40-34(48)50)14-11-26(21)43(4)33-38-19-25(37)31(41-33)39-22-7-10-27-29(17-22)47(35(51)44(27)5)16-13-36(2,3)52/h7-10,17-19,21,26,52H,11-16,20H2,1-6H3,(H,38,39,41)(H,40,49,50)/t21-,26+/m1/s1. The smallest absolute Gasteiger partial charge is 0.329 e. The van der Waals surface area contributed by atoms with Crippen LogP contribution in [0.2, 0.25) is 5.02 Å². The molecule has 2 atom stereocenters. The number of fused-ring (bicyclic) bond motifs is 2. The van der Waals surface area contributed by atoms with Gasteiger partial charge in [-0.2, -0.15) is 10.1 Å². The van der Waals surface area contributed by atoms with E-state index >= 15 is 0 Å². The molecule has 274 valence electrons. The van der Waals surface area contributed by atoms with E-state index in [1.54, 1.807) is 40.9 Å². The number of urea groups is 1. The van der Waals surface area contributed by atoms with Crippen LogP contribution in [-0.4, -0.2) is 84.3 Å². The molecule has 7 rings (SSSR count). The molecule has 0 bridgehead atoms. The number of carbonyl (C=O) groups excluding carboxylic acids is 2. The van der Waals surface area contributed by atoms with Gasteiger partial charge in [-0.1, -0.05) is 18.5 Å². The monoisotopic (exact) mass is 729 g/mol. The number of halogens is 1. The van der Waals surface area contributed by atoms with E-state index in [0.29, 0.717) is 42.1 Å². The normalized spacial score (nSPS) is 18.4. The minimum Gasteiger partial charge on any atom is -0.390 e. The summed E-state index contributed by atoms with van der Waals surface area (Å²) >= 11 is 6.60. The number of imidazole rings is 1. The highest BCUT2D eigenvalue weighted by Crippen LogP contribution is 2.34. The predicted molar refractivity (Wildman–Crippen MR) is 203 cm³/mol. The highest BCUT2D eigenvalue weighted by atomic mass is 35.5. The fourth-order valence-corrected chi connectivity index (χ4v) is 7.46. The topological polar surface area (TPSA) is 159 Å². The third-order valence-corrected chi connectivity index (χ3v) is 10.5. The zero-order valence-corrected chi connectivity index (χ0v) is 31.0. The molecular formula is C36H44ClN11O4. The predicted octanol–water partition coefficient (Wildman–Crippen LogP) is 4.37. The van der Waals surface area contributed by atoms with Crippen LogP contribution >= 0.6 is 11.6 Å². The molecule has 3 aromatic heterocycles. The number of anilines is 5. The van der Waals surface area contributed by atoms with Crippen LogP contribution in [0.25, 0.3) is 21.9 Å². The van der Waals surface area contributed by atoms with Gasteiger partial charge in [0.05, 0.1) is 28.3 Å². The first-order valence-electron chi connectivity index (χ1n) is 17.5. The van der Waals surface area contributed by atoms with Crippen LogP contribution in [0.5, 0.6) is 0 Å². The molecule has 15 nitrogen and oxygen atoms in total. The maximum absolute atomic E-state index is 13.0. The van der Waals surface area contributed by atoms with Crippen LogP contribution in [0.15, 0.2) is 47.4 Å². The second kappa shape index (κ2) is 13.4. The van der Waals surface area contributed by atoms with Crippen molar-refractivity contribution < 1.29 is 14.7 Å². The third-order valence-electron chi connectivity index (χ3n) is 10.3. The number of benzene rings is 2. The number of aliphatic hydroxyl groups is 1. The molecule has 2 aliphatic heterocycles. The average Bonchev–Trinajstić information content (AvgIpc) is 3.55. The summed E-state index contributed by atoms with van der Waals surface area (Å²) in [5.74, 6) is 1.54. The van der Waals surface area contributed by atoms with E-state index in [1.807, 2.05) is 38.4 Å². The molecule has 3 amide bonds. The highest BCUT2D eigenvalue weighted by Gasteiger charge is 2.32. The molecule has 2 saturated heterocycles. The molecule has 0 unspecified atom stereocenters. The van der Waals surface area contributed by atoms with E-state index in [1.165, 1.54) is 4.90 Å². The number of aromatic nitrogens is 6. The van der Waals surface area contributed by atoms with Crippen molar-refractivity contribution in [2.45, 2.75) is 58.2 Å². The number of carbonyl (C=O) groups is 2. The summed E-state index contributed by atoms with van der Waals surface area (Å²) < 4.78 is 5.06. The van der Waals surface area contributed by atoms with Crippen molar-refractivity contribution in [2.24, 2.45) is 20.0 Å². The fraction of sp³-hybridized carbons (Fsp3) is 0.444. The average molecular weight is 730 g/mol. The first-order valence-corrected chi connectivity index (χ1v) is 17.8. The number of hydrogen-bond donors (Lipinski definition) is 3. The minimum absolute atomic E-state index is 0.143. The number of nitrogens with one attached hydrogen (secondary N) is 2. The molecule has 16 heteroatoms. The minimum atomic E-state index is -0.902. The summed E-state index contributed by atoms with van der Waals surface area (Å²) in [5.41, 5.74) is 3.19. The van der Waals surface area contributed by atoms with Gasteiger partial charge in [0, 0.05) is 76.5 Å². The van der Waals surface area contributed by atoms with Crippen LogP contribution in [0.3, 0.4) is 0 Å². The van der Waals surface area contributed by atoms with Gasteiger partial charge in [-0.15, -0.1) is 0 Å². The van der Waals surface area contributed by atoms with Crippen LogP contribution in [0, 0.1) is 5.92 Å². The van der Waals surface area contributed by atoms with E-state index in [4.69, 9.17) is 16.6 Å². The zero-order valence-electron chi connectivity index (χ0n) is 30.2. The van der Waals surface area contributed by atoms with Crippen molar-refractivity contribution in [3.63, 3.8) is 0 Å². The second-order valence-electron chi connectivity index (χ2n) is 14.5. The Morgan fingerprint density at radius 2 is 1.87 bits per heavy atom. The van der Waals surface area contributed by atoms with E-state index in [2.05, 4.69) is 49.6 Å². The SMILES string of the molecule is C[C@@H]1CN(c2ccc3c(N4CCC(=O)NC4=O)nn(C)c3c2)CC[C@@H]1N(C)c1ncc(Cl)c(Nc2ccc3c(c2)n(CCC(C)(C)O)c(=O)n3C)n1.